The Hall–Kier alpha value is -1.16. The molecular weight excluding hydrogens is 206 g/mol. The molecule has 2 aromatic rings. The van der Waals surface area contributed by atoms with Crippen molar-refractivity contribution in [3.63, 3.8) is 0 Å². The molecule has 0 N–H and O–H groups in total. The second-order valence-electron chi connectivity index (χ2n) is 2.78. The van der Waals surface area contributed by atoms with E-state index in [-0.39, 0.29) is 11.6 Å². The maximum absolute atomic E-state index is 13.3. The number of hydrogen-bond donors (Lipinski definition) is 0. The maximum atomic E-state index is 13.3. The summed E-state index contributed by atoms with van der Waals surface area (Å²) in [5.74, 6) is -0.130. The third-order valence-electron chi connectivity index (χ3n) is 1.86. The first kappa shape index (κ1) is 9.40. The molecule has 1 aromatic heterocycles. The lowest BCUT2D eigenvalue weighted by molar-refractivity contribution is 0.330. The van der Waals surface area contributed by atoms with E-state index in [4.69, 9.17) is 4.74 Å². The van der Waals surface area contributed by atoms with Gasteiger partial charge in [-0.05, 0) is 25.1 Å². The van der Waals surface area contributed by atoms with Crippen LogP contribution in [0.25, 0.3) is 10.1 Å². The van der Waals surface area contributed by atoms with E-state index >= 15 is 0 Å². The van der Waals surface area contributed by atoms with Crippen LogP contribution >= 0.6 is 11.3 Å². The van der Waals surface area contributed by atoms with Gasteiger partial charge in [-0.15, -0.1) is 11.3 Å². The summed E-state index contributed by atoms with van der Waals surface area (Å²) in [5, 5.41) is 0.239. The molecule has 0 aliphatic heterocycles. The SMILES string of the molecule is CCOc1c(F)sc2cc(F)ccc12. The first-order valence-electron chi connectivity index (χ1n) is 4.22. The second kappa shape index (κ2) is 3.53. The third-order valence-corrected chi connectivity index (χ3v) is 2.78. The molecular formula is C10H8F2OS. The van der Waals surface area contributed by atoms with Crippen LogP contribution in [0.4, 0.5) is 8.78 Å². The minimum absolute atomic E-state index is 0.229. The first-order valence-corrected chi connectivity index (χ1v) is 5.04. The Morgan fingerprint density at radius 1 is 1.36 bits per heavy atom. The van der Waals surface area contributed by atoms with Crippen LogP contribution in [0.1, 0.15) is 6.92 Å². The average molecular weight is 214 g/mol. The molecule has 0 saturated carbocycles. The molecule has 0 unspecified atom stereocenters. The maximum Gasteiger partial charge on any atom is 0.219 e. The van der Waals surface area contributed by atoms with E-state index in [1.165, 1.54) is 18.2 Å². The van der Waals surface area contributed by atoms with Crippen LogP contribution in [0.3, 0.4) is 0 Å². The van der Waals surface area contributed by atoms with Crippen molar-refractivity contribution in [3.05, 3.63) is 29.1 Å². The molecule has 1 nitrogen and oxygen atoms in total. The zero-order valence-electron chi connectivity index (χ0n) is 7.51. The topological polar surface area (TPSA) is 9.23 Å². The highest BCUT2D eigenvalue weighted by Gasteiger charge is 2.13. The Labute approximate surface area is 83.9 Å². The highest BCUT2D eigenvalue weighted by molar-refractivity contribution is 7.17. The lowest BCUT2D eigenvalue weighted by atomic mass is 10.2. The van der Waals surface area contributed by atoms with Gasteiger partial charge in [0.15, 0.2) is 5.75 Å². The summed E-state index contributed by atoms with van der Waals surface area (Å²) in [7, 11) is 0. The summed E-state index contributed by atoms with van der Waals surface area (Å²) >= 11 is 0.901. The van der Waals surface area contributed by atoms with Gasteiger partial charge in [0.25, 0.3) is 0 Å². The monoisotopic (exact) mass is 214 g/mol. The lowest BCUT2D eigenvalue weighted by Crippen LogP contribution is -1.91. The number of halogens is 2. The van der Waals surface area contributed by atoms with E-state index in [1.54, 1.807) is 6.92 Å². The summed E-state index contributed by atoms with van der Waals surface area (Å²) in [6.45, 7) is 2.19. The van der Waals surface area contributed by atoms with Gasteiger partial charge in [-0.2, -0.15) is 4.39 Å². The molecule has 1 aromatic carbocycles. The summed E-state index contributed by atoms with van der Waals surface area (Å²) < 4.78 is 31.8. The van der Waals surface area contributed by atoms with Gasteiger partial charge >= 0.3 is 0 Å². The molecule has 0 fully saturated rings. The third kappa shape index (κ3) is 1.46. The first-order chi connectivity index (χ1) is 6.72. The number of benzene rings is 1. The number of hydrogen-bond acceptors (Lipinski definition) is 2. The number of ether oxygens (including phenoxy) is 1. The van der Waals surface area contributed by atoms with Gasteiger partial charge in [-0.3, -0.25) is 0 Å². The Kier molecular flexibility index (Phi) is 2.37. The molecule has 0 spiro atoms. The molecule has 0 saturated heterocycles. The predicted molar refractivity (Wildman–Crippen MR) is 52.9 cm³/mol. The van der Waals surface area contributed by atoms with Crippen LogP contribution in [0.5, 0.6) is 5.75 Å². The van der Waals surface area contributed by atoms with Crippen molar-refractivity contribution < 1.29 is 13.5 Å². The van der Waals surface area contributed by atoms with E-state index in [1.807, 2.05) is 0 Å². The largest absolute Gasteiger partial charge is 0.489 e. The van der Waals surface area contributed by atoms with Crippen molar-refractivity contribution in [2.24, 2.45) is 0 Å². The summed E-state index contributed by atoms with van der Waals surface area (Å²) in [4.78, 5) is 0. The van der Waals surface area contributed by atoms with E-state index in [2.05, 4.69) is 0 Å². The molecule has 0 radical (unpaired) electrons. The van der Waals surface area contributed by atoms with Gasteiger partial charge in [0, 0.05) is 10.1 Å². The van der Waals surface area contributed by atoms with Crippen LogP contribution in [0.2, 0.25) is 0 Å². The number of fused-ring (bicyclic) bond motifs is 1. The Morgan fingerprint density at radius 2 is 2.14 bits per heavy atom. The molecule has 4 heteroatoms. The Bertz CT molecular complexity index is 464. The fourth-order valence-electron chi connectivity index (χ4n) is 1.30. The molecule has 74 valence electrons. The van der Waals surface area contributed by atoms with E-state index in [9.17, 15) is 8.78 Å². The number of rotatable bonds is 2. The zero-order chi connectivity index (χ0) is 10.1. The smallest absolute Gasteiger partial charge is 0.219 e. The van der Waals surface area contributed by atoms with Gasteiger partial charge in [-0.25, -0.2) is 4.39 Å². The van der Waals surface area contributed by atoms with Crippen LogP contribution in [-0.4, -0.2) is 6.61 Å². The van der Waals surface area contributed by atoms with Gasteiger partial charge in [-0.1, -0.05) is 0 Å². The molecule has 0 atom stereocenters. The van der Waals surface area contributed by atoms with Crippen LogP contribution in [0.15, 0.2) is 18.2 Å². The molecule has 0 bridgehead atoms. The van der Waals surface area contributed by atoms with Crippen molar-refractivity contribution in [2.45, 2.75) is 6.92 Å². The van der Waals surface area contributed by atoms with Crippen molar-refractivity contribution in [1.29, 1.82) is 0 Å². The van der Waals surface area contributed by atoms with Gasteiger partial charge < -0.3 is 4.74 Å². The Morgan fingerprint density at radius 3 is 2.86 bits per heavy atom. The predicted octanol–water partition coefficient (Wildman–Crippen LogP) is 3.58. The van der Waals surface area contributed by atoms with Gasteiger partial charge in [0.2, 0.25) is 5.13 Å². The molecule has 14 heavy (non-hydrogen) atoms. The van der Waals surface area contributed by atoms with Crippen LogP contribution in [-0.2, 0) is 0 Å². The fraction of sp³-hybridized carbons (Fsp3) is 0.200. The summed E-state index contributed by atoms with van der Waals surface area (Å²) in [6, 6.07) is 4.15. The van der Waals surface area contributed by atoms with Gasteiger partial charge in [0.1, 0.15) is 5.82 Å². The van der Waals surface area contributed by atoms with E-state index in [0.717, 1.165) is 11.3 Å². The quantitative estimate of drug-likeness (QED) is 0.742. The minimum atomic E-state index is -0.396. The van der Waals surface area contributed by atoms with E-state index in [0.29, 0.717) is 16.7 Å². The van der Waals surface area contributed by atoms with Crippen molar-refractivity contribution >= 4 is 21.4 Å². The Balaban J connectivity index is 2.64. The number of thiophene rings is 1. The fourth-order valence-corrected chi connectivity index (χ4v) is 2.19. The zero-order valence-corrected chi connectivity index (χ0v) is 8.33. The van der Waals surface area contributed by atoms with Crippen LogP contribution < -0.4 is 4.74 Å². The highest BCUT2D eigenvalue weighted by Crippen LogP contribution is 2.36. The van der Waals surface area contributed by atoms with Gasteiger partial charge in [0.05, 0.1) is 6.61 Å². The minimum Gasteiger partial charge on any atom is -0.489 e. The second-order valence-corrected chi connectivity index (χ2v) is 3.78. The van der Waals surface area contributed by atoms with Crippen LogP contribution in [0, 0.1) is 10.9 Å². The van der Waals surface area contributed by atoms with Crippen molar-refractivity contribution in [2.75, 3.05) is 6.61 Å². The molecule has 2 rings (SSSR count). The average Bonchev–Trinajstić information content (AvgIpc) is 2.43. The summed E-state index contributed by atoms with van der Waals surface area (Å²) in [6.07, 6.45) is 0. The molecule has 1 heterocycles. The molecule has 0 aliphatic rings. The molecule has 0 aliphatic carbocycles. The van der Waals surface area contributed by atoms with Crippen molar-refractivity contribution in [3.8, 4) is 5.75 Å². The summed E-state index contributed by atoms with van der Waals surface area (Å²) in [5.41, 5.74) is 0. The highest BCUT2D eigenvalue weighted by atomic mass is 32.1. The van der Waals surface area contributed by atoms with Crippen molar-refractivity contribution in [1.82, 2.24) is 0 Å². The standard InChI is InChI=1S/C10H8F2OS/c1-2-13-9-7-4-3-6(11)5-8(7)14-10(9)12/h3-5H,2H2,1H3. The normalized spacial score (nSPS) is 10.8. The lowest BCUT2D eigenvalue weighted by Gasteiger charge is -1.99. The van der Waals surface area contributed by atoms with E-state index < -0.39 is 5.13 Å². The molecule has 0 amide bonds.